The number of benzene rings is 1. The van der Waals surface area contributed by atoms with E-state index in [4.69, 9.17) is 4.74 Å². The van der Waals surface area contributed by atoms with Gasteiger partial charge in [-0.25, -0.2) is 9.78 Å². The standard InChI is InChI=1S/C22H25N5O3/c28-21(14-16-6-11-30-12-7-16)25-18-1-3-19(4-2-18)26-22(29)24-15-17-5-9-27-10-8-23-20(27)13-17/h1-5,8-10,13,16H,6-7,11-12,14-15H2,(H,25,28)(H2,24,26,29). The van der Waals surface area contributed by atoms with E-state index in [-0.39, 0.29) is 11.9 Å². The number of carbonyl (C=O) groups excluding carboxylic acids is 2. The van der Waals surface area contributed by atoms with Crippen molar-refractivity contribution in [1.82, 2.24) is 14.7 Å². The van der Waals surface area contributed by atoms with Gasteiger partial charge in [-0.05, 0) is 60.7 Å². The molecule has 4 rings (SSSR count). The summed E-state index contributed by atoms with van der Waals surface area (Å²) < 4.78 is 7.24. The number of fused-ring (bicyclic) bond motifs is 1. The van der Waals surface area contributed by atoms with Crippen molar-refractivity contribution < 1.29 is 14.3 Å². The highest BCUT2D eigenvalue weighted by atomic mass is 16.5. The van der Waals surface area contributed by atoms with Crippen LogP contribution in [0, 0.1) is 5.92 Å². The number of hydrogen-bond donors (Lipinski definition) is 3. The molecule has 1 aromatic carbocycles. The van der Waals surface area contributed by atoms with E-state index in [9.17, 15) is 9.59 Å². The van der Waals surface area contributed by atoms with E-state index >= 15 is 0 Å². The van der Waals surface area contributed by atoms with Crippen molar-refractivity contribution in [3.63, 3.8) is 0 Å². The van der Waals surface area contributed by atoms with Crippen LogP contribution in [-0.4, -0.2) is 34.5 Å². The van der Waals surface area contributed by atoms with Gasteiger partial charge < -0.3 is 25.1 Å². The summed E-state index contributed by atoms with van der Waals surface area (Å²) in [5, 5.41) is 8.54. The molecule has 3 aromatic rings. The maximum atomic E-state index is 12.2. The average Bonchev–Trinajstić information content (AvgIpc) is 3.22. The van der Waals surface area contributed by atoms with Crippen molar-refractivity contribution >= 4 is 29.0 Å². The minimum absolute atomic E-state index is 0.00907. The van der Waals surface area contributed by atoms with Crippen LogP contribution in [0.5, 0.6) is 0 Å². The van der Waals surface area contributed by atoms with Crippen molar-refractivity contribution in [2.24, 2.45) is 5.92 Å². The smallest absolute Gasteiger partial charge is 0.319 e. The van der Waals surface area contributed by atoms with E-state index in [0.29, 0.717) is 30.3 Å². The van der Waals surface area contributed by atoms with Crippen molar-refractivity contribution in [3.05, 3.63) is 60.6 Å². The molecule has 156 valence electrons. The lowest BCUT2D eigenvalue weighted by atomic mass is 9.96. The van der Waals surface area contributed by atoms with Gasteiger partial charge in [0.1, 0.15) is 5.65 Å². The van der Waals surface area contributed by atoms with Gasteiger partial charge in [0.05, 0.1) is 0 Å². The number of pyridine rings is 1. The maximum Gasteiger partial charge on any atom is 0.319 e. The maximum absolute atomic E-state index is 12.2. The first-order valence-corrected chi connectivity index (χ1v) is 10.1. The van der Waals surface area contributed by atoms with Crippen molar-refractivity contribution in [2.75, 3.05) is 23.8 Å². The van der Waals surface area contributed by atoms with E-state index in [2.05, 4.69) is 20.9 Å². The summed E-state index contributed by atoms with van der Waals surface area (Å²) in [6, 6.07) is 10.7. The summed E-state index contributed by atoms with van der Waals surface area (Å²) in [6.07, 6.45) is 7.89. The van der Waals surface area contributed by atoms with Crippen LogP contribution in [0.2, 0.25) is 0 Å². The Morgan fingerprint density at radius 1 is 1.03 bits per heavy atom. The average molecular weight is 407 g/mol. The predicted molar refractivity (Wildman–Crippen MR) is 114 cm³/mol. The van der Waals surface area contributed by atoms with Crippen molar-refractivity contribution in [1.29, 1.82) is 0 Å². The topological polar surface area (TPSA) is 96.8 Å². The number of nitrogens with zero attached hydrogens (tertiary/aromatic N) is 2. The molecule has 30 heavy (non-hydrogen) atoms. The Balaban J connectivity index is 1.23. The lowest BCUT2D eigenvalue weighted by Crippen LogP contribution is -2.28. The molecule has 8 heteroatoms. The van der Waals surface area contributed by atoms with Crippen LogP contribution in [0.25, 0.3) is 5.65 Å². The molecular weight excluding hydrogens is 382 g/mol. The number of anilines is 2. The summed E-state index contributed by atoms with van der Waals surface area (Å²) in [5.41, 5.74) is 3.17. The molecule has 0 radical (unpaired) electrons. The molecule has 8 nitrogen and oxygen atoms in total. The highest BCUT2D eigenvalue weighted by Gasteiger charge is 2.17. The number of imidazole rings is 1. The monoisotopic (exact) mass is 407 g/mol. The van der Waals surface area contributed by atoms with Crippen LogP contribution < -0.4 is 16.0 Å². The molecule has 0 bridgehead atoms. The minimum Gasteiger partial charge on any atom is -0.381 e. The molecule has 2 aromatic heterocycles. The molecule has 1 aliphatic rings. The molecule has 1 fully saturated rings. The number of aromatic nitrogens is 2. The number of hydrogen-bond acceptors (Lipinski definition) is 4. The van der Waals surface area contributed by atoms with Gasteiger partial charge in [0, 0.05) is 56.1 Å². The van der Waals surface area contributed by atoms with Gasteiger partial charge in [-0.1, -0.05) is 0 Å². The first kappa shape index (κ1) is 19.9. The molecule has 3 N–H and O–H groups in total. The molecule has 1 aliphatic heterocycles. The Morgan fingerprint density at radius 2 is 1.77 bits per heavy atom. The molecule has 0 saturated carbocycles. The Morgan fingerprint density at radius 3 is 2.53 bits per heavy atom. The number of nitrogens with one attached hydrogen (secondary N) is 3. The summed E-state index contributed by atoms with van der Waals surface area (Å²) in [4.78, 5) is 28.6. The molecule has 0 spiro atoms. The molecule has 3 amide bonds. The number of urea groups is 1. The zero-order valence-corrected chi connectivity index (χ0v) is 16.6. The summed E-state index contributed by atoms with van der Waals surface area (Å²) in [5.74, 6) is 0.396. The van der Waals surface area contributed by atoms with Crippen molar-refractivity contribution in [3.8, 4) is 0 Å². The Hall–Kier alpha value is -3.39. The summed E-state index contributed by atoms with van der Waals surface area (Å²) >= 11 is 0. The van der Waals surface area contributed by atoms with Gasteiger partial charge in [-0.15, -0.1) is 0 Å². The Kier molecular flexibility index (Phi) is 6.24. The second-order valence-electron chi connectivity index (χ2n) is 7.42. The largest absolute Gasteiger partial charge is 0.381 e. The first-order valence-electron chi connectivity index (χ1n) is 10.1. The predicted octanol–water partition coefficient (Wildman–Crippen LogP) is 3.41. The highest BCUT2D eigenvalue weighted by molar-refractivity contribution is 5.92. The third-order valence-corrected chi connectivity index (χ3v) is 5.16. The lowest BCUT2D eigenvalue weighted by Gasteiger charge is -2.21. The normalized spacial score (nSPS) is 14.4. The molecular formula is C22H25N5O3. The Bertz CT molecular complexity index is 1010. The SMILES string of the molecule is O=C(CC1CCOCC1)Nc1ccc(NC(=O)NCc2ccn3ccnc3c2)cc1. The van der Waals surface area contributed by atoms with E-state index in [1.54, 1.807) is 30.5 Å². The number of ether oxygens (including phenoxy) is 1. The lowest BCUT2D eigenvalue weighted by molar-refractivity contribution is -0.117. The zero-order chi connectivity index (χ0) is 20.8. The van der Waals surface area contributed by atoms with Gasteiger partial charge in [-0.2, -0.15) is 0 Å². The van der Waals surface area contributed by atoms with Crippen LogP contribution in [0.15, 0.2) is 55.0 Å². The van der Waals surface area contributed by atoms with Gasteiger partial charge >= 0.3 is 6.03 Å². The first-order chi connectivity index (χ1) is 14.7. The van der Waals surface area contributed by atoms with E-state index in [1.807, 2.05) is 28.9 Å². The van der Waals surface area contributed by atoms with Gasteiger partial charge in [0.25, 0.3) is 0 Å². The Labute approximate surface area is 174 Å². The fourth-order valence-corrected chi connectivity index (χ4v) is 3.48. The minimum atomic E-state index is -0.297. The van der Waals surface area contributed by atoms with E-state index in [0.717, 1.165) is 37.3 Å². The van der Waals surface area contributed by atoms with Crippen LogP contribution in [-0.2, 0) is 16.1 Å². The van der Waals surface area contributed by atoms with Crippen LogP contribution >= 0.6 is 0 Å². The second-order valence-corrected chi connectivity index (χ2v) is 7.42. The van der Waals surface area contributed by atoms with Crippen LogP contribution in [0.3, 0.4) is 0 Å². The fourth-order valence-electron chi connectivity index (χ4n) is 3.48. The van der Waals surface area contributed by atoms with Crippen molar-refractivity contribution in [2.45, 2.75) is 25.8 Å². The molecule has 0 aliphatic carbocycles. The third-order valence-electron chi connectivity index (χ3n) is 5.16. The molecule has 3 heterocycles. The number of amides is 3. The van der Waals surface area contributed by atoms with E-state index < -0.39 is 0 Å². The molecule has 0 unspecified atom stereocenters. The van der Waals surface area contributed by atoms with Gasteiger partial charge in [-0.3, -0.25) is 4.79 Å². The fraction of sp³-hybridized carbons (Fsp3) is 0.318. The van der Waals surface area contributed by atoms with E-state index in [1.165, 1.54) is 0 Å². The number of rotatable bonds is 6. The molecule has 0 atom stereocenters. The van der Waals surface area contributed by atoms with Gasteiger partial charge in [0.2, 0.25) is 5.91 Å². The van der Waals surface area contributed by atoms with Crippen LogP contribution in [0.4, 0.5) is 16.2 Å². The summed E-state index contributed by atoms with van der Waals surface area (Å²) in [6.45, 7) is 1.87. The van der Waals surface area contributed by atoms with Crippen LogP contribution in [0.1, 0.15) is 24.8 Å². The quantitative estimate of drug-likeness (QED) is 0.583. The number of carbonyl (C=O) groups is 2. The molecule has 1 saturated heterocycles. The zero-order valence-electron chi connectivity index (χ0n) is 16.6. The summed E-state index contributed by atoms with van der Waals surface area (Å²) in [7, 11) is 0. The third kappa shape index (κ3) is 5.36. The van der Waals surface area contributed by atoms with Gasteiger partial charge in [0.15, 0.2) is 0 Å². The second kappa shape index (κ2) is 9.41. The highest BCUT2D eigenvalue weighted by Crippen LogP contribution is 2.20.